The predicted molar refractivity (Wildman–Crippen MR) is 157 cm³/mol. The van der Waals surface area contributed by atoms with E-state index in [9.17, 15) is 18.0 Å². The quantitative estimate of drug-likeness (QED) is 0.299. The van der Waals surface area contributed by atoms with Gasteiger partial charge in [-0.15, -0.1) is 0 Å². The molecule has 0 saturated heterocycles. The van der Waals surface area contributed by atoms with Crippen LogP contribution < -0.4 is 9.62 Å². The van der Waals surface area contributed by atoms with E-state index in [0.717, 1.165) is 16.3 Å². The Labute approximate surface area is 240 Å². The molecule has 0 aromatic heterocycles. The third kappa shape index (κ3) is 7.97. The van der Waals surface area contributed by atoms with Gasteiger partial charge in [0.15, 0.2) is 0 Å². The minimum atomic E-state index is -4.22. The van der Waals surface area contributed by atoms with Crippen molar-refractivity contribution in [3.05, 3.63) is 94.5 Å². The van der Waals surface area contributed by atoms with Crippen LogP contribution in [0.5, 0.6) is 0 Å². The Morgan fingerprint density at radius 1 is 0.923 bits per heavy atom. The zero-order valence-corrected chi connectivity index (χ0v) is 24.5. The first-order valence-electron chi connectivity index (χ1n) is 12.7. The van der Waals surface area contributed by atoms with Gasteiger partial charge in [-0.1, -0.05) is 78.7 Å². The van der Waals surface area contributed by atoms with Crippen molar-refractivity contribution < 1.29 is 18.0 Å². The highest BCUT2D eigenvalue weighted by Gasteiger charge is 2.33. The van der Waals surface area contributed by atoms with E-state index in [4.69, 9.17) is 23.2 Å². The van der Waals surface area contributed by atoms with Crippen LogP contribution in [-0.4, -0.2) is 50.3 Å². The molecule has 7 nitrogen and oxygen atoms in total. The van der Waals surface area contributed by atoms with Gasteiger partial charge in [0, 0.05) is 17.6 Å². The molecule has 0 bridgehead atoms. The van der Waals surface area contributed by atoms with E-state index in [0.29, 0.717) is 6.42 Å². The number of sulfonamides is 1. The summed E-state index contributed by atoms with van der Waals surface area (Å²) in [7, 11) is -4.22. The summed E-state index contributed by atoms with van der Waals surface area (Å²) in [5.74, 6) is -0.864. The van der Waals surface area contributed by atoms with E-state index in [2.05, 4.69) is 5.32 Å². The lowest BCUT2D eigenvalue weighted by Crippen LogP contribution is -2.53. The third-order valence-electron chi connectivity index (χ3n) is 6.44. The number of nitrogens with zero attached hydrogens (tertiary/aromatic N) is 2. The zero-order chi connectivity index (χ0) is 28.6. The lowest BCUT2D eigenvalue weighted by Gasteiger charge is -2.32. The van der Waals surface area contributed by atoms with Gasteiger partial charge in [0.2, 0.25) is 11.8 Å². The first-order valence-corrected chi connectivity index (χ1v) is 14.9. The van der Waals surface area contributed by atoms with Crippen molar-refractivity contribution in [2.45, 2.75) is 50.6 Å². The first-order chi connectivity index (χ1) is 18.5. The van der Waals surface area contributed by atoms with Gasteiger partial charge < -0.3 is 10.2 Å². The number of carbonyl (C=O) groups excluding carboxylic acids is 2. The van der Waals surface area contributed by atoms with E-state index in [1.807, 2.05) is 44.2 Å². The third-order valence-corrected chi connectivity index (χ3v) is 8.77. The Morgan fingerprint density at radius 3 is 2.15 bits per heavy atom. The minimum Gasteiger partial charge on any atom is -0.352 e. The van der Waals surface area contributed by atoms with Gasteiger partial charge in [0.05, 0.1) is 15.6 Å². The number of nitrogens with one attached hydrogen (secondary N) is 1. The Balaban J connectivity index is 2.00. The van der Waals surface area contributed by atoms with E-state index >= 15 is 0 Å². The number of carbonyl (C=O) groups is 2. The summed E-state index contributed by atoms with van der Waals surface area (Å²) in [5, 5.41) is 3.29. The molecule has 208 valence electrons. The van der Waals surface area contributed by atoms with Crippen molar-refractivity contribution in [3.63, 3.8) is 0 Å². The maximum Gasteiger partial charge on any atom is 0.264 e. The van der Waals surface area contributed by atoms with Crippen LogP contribution in [-0.2, 0) is 26.0 Å². The molecule has 0 spiro atoms. The molecule has 0 heterocycles. The number of benzene rings is 3. The van der Waals surface area contributed by atoms with Crippen molar-refractivity contribution in [1.29, 1.82) is 0 Å². The Morgan fingerprint density at radius 2 is 1.54 bits per heavy atom. The Hall–Kier alpha value is -3.07. The van der Waals surface area contributed by atoms with Gasteiger partial charge in [-0.3, -0.25) is 13.9 Å². The molecule has 0 aliphatic heterocycles. The Bertz CT molecular complexity index is 1370. The Kier molecular flexibility index (Phi) is 10.8. The van der Waals surface area contributed by atoms with Crippen LogP contribution in [0.4, 0.5) is 5.69 Å². The van der Waals surface area contributed by atoms with E-state index in [1.165, 1.54) is 35.2 Å². The highest BCUT2D eigenvalue weighted by molar-refractivity contribution is 7.92. The fourth-order valence-electron chi connectivity index (χ4n) is 3.95. The van der Waals surface area contributed by atoms with Crippen molar-refractivity contribution in [2.75, 3.05) is 17.4 Å². The van der Waals surface area contributed by atoms with Crippen molar-refractivity contribution in [3.8, 4) is 0 Å². The van der Waals surface area contributed by atoms with Gasteiger partial charge in [-0.2, -0.15) is 0 Å². The lowest BCUT2D eigenvalue weighted by atomic mass is 10.1. The highest BCUT2D eigenvalue weighted by atomic mass is 35.5. The summed E-state index contributed by atoms with van der Waals surface area (Å²) >= 11 is 12.6. The number of anilines is 1. The predicted octanol–water partition coefficient (Wildman–Crippen LogP) is 5.56. The van der Waals surface area contributed by atoms with E-state index in [-0.39, 0.29) is 39.1 Å². The second kappa shape index (κ2) is 13.8. The fourth-order valence-corrected chi connectivity index (χ4v) is 5.83. The summed E-state index contributed by atoms with van der Waals surface area (Å²) in [6.45, 7) is 5.11. The monoisotopic (exact) mass is 589 g/mol. The summed E-state index contributed by atoms with van der Waals surface area (Å²) < 4.78 is 28.5. The topological polar surface area (TPSA) is 86.8 Å². The molecule has 0 aliphatic rings. The van der Waals surface area contributed by atoms with E-state index in [1.54, 1.807) is 25.1 Å². The van der Waals surface area contributed by atoms with Crippen LogP contribution in [0, 0.1) is 0 Å². The molecule has 10 heteroatoms. The number of hydrogen-bond acceptors (Lipinski definition) is 4. The standard InChI is InChI=1S/C29H33Cl2N3O4S/c1-4-21(2)32-29(36)22(3)33(18-17-23-11-7-5-8-12-23)28(35)20-34(27-19-24(30)15-16-26(27)31)39(37,38)25-13-9-6-10-14-25/h5-16,19,21-22H,4,17-18,20H2,1-3H3,(H,32,36)/t21-,22-/m0/s1. The number of amides is 2. The molecular weight excluding hydrogens is 557 g/mol. The summed E-state index contributed by atoms with van der Waals surface area (Å²) in [6.07, 6.45) is 1.21. The zero-order valence-electron chi connectivity index (χ0n) is 22.2. The number of halogens is 2. The molecule has 3 aromatic carbocycles. The van der Waals surface area contributed by atoms with Crippen LogP contribution in [0.15, 0.2) is 83.8 Å². The molecule has 0 aliphatic carbocycles. The average molecular weight is 591 g/mol. The van der Waals surface area contributed by atoms with Gasteiger partial charge in [-0.05, 0) is 62.6 Å². The van der Waals surface area contributed by atoms with E-state index < -0.39 is 28.5 Å². The number of rotatable bonds is 12. The smallest absolute Gasteiger partial charge is 0.264 e. The molecule has 0 saturated carbocycles. The molecule has 0 fully saturated rings. The van der Waals surface area contributed by atoms with Crippen LogP contribution in [0.25, 0.3) is 0 Å². The van der Waals surface area contributed by atoms with Gasteiger partial charge >= 0.3 is 0 Å². The van der Waals surface area contributed by atoms with Crippen LogP contribution in [0.1, 0.15) is 32.8 Å². The summed E-state index contributed by atoms with van der Waals surface area (Å²) in [5.41, 5.74) is 1.05. The van der Waals surface area contributed by atoms with Gasteiger partial charge in [0.25, 0.3) is 10.0 Å². The normalized spacial score (nSPS) is 12.8. The fraction of sp³-hybridized carbons (Fsp3) is 0.310. The minimum absolute atomic E-state index is 0.00719. The van der Waals surface area contributed by atoms with Crippen molar-refractivity contribution >= 4 is 50.7 Å². The molecule has 3 rings (SSSR count). The molecule has 1 N–H and O–H groups in total. The molecule has 2 amide bonds. The van der Waals surface area contributed by atoms with Crippen molar-refractivity contribution in [2.24, 2.45) is 0 Å². The molecule has 0 unspecified atom stereocenters. The van der Waals surface area contributed by atoms with Crippen LogP contribution in [0.2, 0.25) is 10.0 Å². The van der Waals surface area contributed by atoms with Crippen LogP contribution in [0.3, 0.4) is 0 Å². The van der Waals surface area contributed by atoms with Gasteiger partial charge in [0.1, 0.15) is 12.6 Å². The molecule has 39 heavy (non-hydrogen) atoms. The molecule has 3 aromatic rings. The highest BCUT2D eigenvalue weighted by Crippen LogP contribution is 2.33. The number of hydrogen-bond donors (Lipinski definition) is 1. The largest absolute Gasteiger partial charge is 0.352 e. The van der Waals surface area contributed by atoms with Gasteiger partial charge in [-0.25, -0.2) is 8.42 Å². The molecule has 0 radical (unpaired) electrons. The van der Waals surface area contributed by atoms with Crippen LogP contribution >= 0.6 is 23.2 Å². The summed E-state index contributed by atoms with van der Waals surface area (Å²) in [4.78, 5) is 28.4. The lowest BCUT2D eigenvalue weighted by molar-refractivity contribution is -0.139. The maximum atomic E-state index is 13.9. The first kappa shape index (κ1) is 30.5. The van der Waals surface area contributed by atoms with Crippen molar-refractivity contribution in [1.82, 2.24) is 10.2 Å². The molecular formula is C29H33Cl2N3O4S. The SMILES string of the molecule is CC[C@H](C)NC(=O)[C@H](C)N(CCc1ccccc1)C(=O)CN(c1cc(Cl)ccc1Cl)S(=O)(=O)c1ccccc1. The second-order valence-electron chi connectivity index (χ2n) is 9.24. The maximum absolute atomic E-state index is 13.9. The summed E-state index contributed by atoms with van der Waals surface area (Å²) in [6, 6.07) is 20.9. The molecule has 2 atom stereocenters. The average Bonchev–Trinajstić information content (AvgIpc) is 2.94. The second-order valence-corrected chi connectivity index (χ2v) is 11.9.